The summed E-state index contributed by atoms with van der Waals surface area (Å²) in [6.45, 7) is 62.6. The molecule has 0 saturated carbocycles. The average Bonchev–Trinajstić information content (AvgIpc) is 4.23. The summed E-state index contributed by atoms with van der Waals surface area (Å²) >= 11 is 1.72. The highest BCUT2D eigenvalue weighted by atomic mass is 32.1. The zero-order chi connectivity index (χ0) is 62.3. The molecule has 446 valence electrons. The lowest BCUT2D eigenvalue weighted by Gasteiger charge is -2.01. The second kappa shape index (κ2) is 69.8. The Balaban J connectivity index is -0.000000117. The summed E-state index contributed by atoms with van der Waals surface area (Å²) in [5.74, 6) is 4.40. The fourth-order valence-electron chi connectivity index (χ4n) is 5.20. The molecule has 6 heteroatoms. The minimum absolute atomic E-state index is 0.596. The normalized spacial score (nSPS) is 8.74. The molecule has 5 nitrogen and oxygen atoms in total. The van der Waals surface area contributed by atoms with Crippen molar-refractivity contribution in [1.82, 2.24) is 24.7 Å². The number of thiazole rings is 1. The van der Waals surface area contributed by atoms with Gasteiger partial charge in [0.05, 0.1) is 11.7 Å². The van der Waals surface area contributed by atoms with Crippen molar-refractivity contribution < 1.29 is 0 Å². The molecule has 4 heterocycles. The molecule has 0 fully saturated rings. The van der Waals surface area contributed by atoms with Gasteiger partial charge >= 0.3 is 0 Å². The standard InChI is InChI=1S/3C9H12.2C8H11N.C7H12N2.C6H9NS.8C2H6/c3*1-8(2)9-6-4-3-5-7-9;2*1-7(2)8-4-3-5-9-6-8;1-6(2)7-4-8-9(3)5-7;1-5(2)6-3-7-4-8-6;8*1-2/h3*3-8H,1-2H3;2*3-7H,1-2H3;4-6H,1-3H3;3-5H,1-2H3;8*1-2H3. The van der Waals surface area contributed by atoms with E-state index in [1.54, 1.807) is 23.7 Å². The van der Waals surface area contributed by atoms with Crippen LogP contribution in [0.5, 0.6) is 0 Å². The van der Waals surface area contributed by atoms with Gasteiger partial charge in [0, 0.05) is 49.1 Å². The zero-order valence-electron chi connectivity index (χ0n) is 56.8. The largest absolute Gasteiger partial charge is 0.276 e. The van der Waals surface area contributed by atoms with Gasteiger partial charge in [-0.25, -0.2) is 0 Å². The van der Waals surface area contributed by atoms with Crippen molar-refractivity contribution in [3.05, 3.63) is 202 Å². The molecule has 78 heavy (non-hydrogen) atoms. The molecule has 0 aliphatic rings. The van der Waals surface area contributed by atoms with Crippen LogP contribution in [0.4, 0.5) is 0 Å². The maximum Gasteiger partial charge on any atom is 0.0794 e. The quantitative estimate of drug-likeness (QED) is 0.160. The van der Waals surface area contributed by atoms with Crippen LogP contribution in [0, 0.1) is 0 Å². The van der Waals surface area contributed by atoms with Crippen LogP contribution in [0.3, 0.4) is 0 Å². The molecule has 0 aliphatic carbocycles. The minimum atomic E-state index is 0.596. The van der Waals surface area contributed by atoms with Gasteiger partial charge in [-0.05, 0) is 86.9 Å². The molecule has 0 aliphatic heterocycles. The van der Waals surface area contributed by atoms with Gasteiger partial charge < -0.3 is 0 Å². The van der Waals surface area contributed by atoms with Gasteiger partial charge in [0.25, 0.3) is 0 Å². The average molecular weight is 1090 g/mol. The van der Waals surface area contributed by atoms with Gasteiger partial charge in [-0.3, -0.25) is 19.6 Å². The van der Waals surface area contributed by atoms with E-state index in [1.165, 1.54) is 38.3 Å². The Morgan fingerprint density at radius 1 is 0.295 bits per heavy atom. The van der Waals surface area contributed by atoms with Gasteiger partial charge in [0.2, 0.25) is 0 Å². The Bertz CT molecular complexity index is 1750. The molecule has 0 atom stereocenters. The van der Waals surface area contributed by atoms with Gasteiger partial charge in [0.1, 0.15) is 0 Å². The van der Waals surface area contributed by atoms with Gasteiger partial charge in [-0.1, -0.05) is 311 Å². The van der Waals surface area contributed by atoms with E-state index in [0.29, 0.717) is 41.4 Å². The monoisotopic (exact) mass is 1090 g/mol. The predicted molar refractivity (Wildman–Crippen MR) is 363 cm³/mol. The Labute approximate surface area is 492 Å². The van der Waals surface area contributed by atoms with Crippen molar-refractivity contribution in [2.75, 3.05) is 0 Å². The third kappa shape index (κ3) is 55.6. The van der Waals surface area contributed by atoms with E-state index in [4.69, 9.17) is 0 Å². The minimum Gasteiger partial charge on any atom is -0.276 e. The SMILES string of the molecule is CC.CC.CC.CC.CC.CC.CC.CC.CC(C)c1ccccc1.CC(C)c1ccccc1.CC(C)c1ccccc1.CC(C)c1cccnc1.CC(C)c1cccnc1.CC(C)c1cncs1.CC(C)c1cnn(C)c1. The van der Waals surface area contributed by atoms with Crippen molar-refractivity contribution in [3.8, 4) is 0 Å². The van der Waals surface area contributed by atoms with Crippen LogP contribution in [-0.2, 0) is 7.05 Å². The third-order valence-electron chi connectivity index (χ3n) is 9.51. The summed E-state index contributed by atoms with van der Waals surface area (Å²) in [6.07, 6.45) is 13.3. The molecule has 3 aromatic carbocycles. The first-order valence-electron chi connectivity index (χ1n) is 30.3. The van der Waals surface area contributed by atoms with Crippen molar-refractivity contribution in [3.63, 3.8) is 0 Å². The lowest BCUT2D eigenvalue weighted by atomic mass is 10.0. The second-order valence-corrected chi connectivity index (χ2v) is 18.2. The molecule has 0 saturated heterocycles. The summed E-state index contributed by atoms with van der Waals surface area (Å²) in [6, 6.07) is 39.7. The lowest BCUT2D eigenvalue weighted by molar-refractivity contribution is 0.764. The molecule has 0 spiro atoms. The summed E-state index contributed by atoms with van der Waals surface area (Å²) in [5.41, 5.74) is 10.0. The molecule has 4 aromatic heterocycles. The predicted octanol–water partition coefficient (Wildman–Crippen LogP) is 24.9. The van der Waals surface area contributed by atoms with Crippen LogP contribution in [-0.4, -0.2) is 24.7 Å². The van der Waals surface area contributed by atoms with E-state index in [2.05, 4.69) is 202 Å². The number of nitrogens with zero attached hydrogens (tertiary/aromatic N) is 5. The number of aryl methyl sites for hydroxylation is 1. The van der Waals surface area contributed by atoms with Crippen molar-refractivity contribution >= 4 is 11.3 Å². The molecule has 0 radical (unpaired) electrons. The van der Waals surface area contributed by atoms with Gasteiger partial charge in [-0.15, -0.1) is 11.3 Å². The number of aromatic nitrogens is 5. The highest BCUT2D eigenvalue weighted by Crippen LogP contribution is 2.17. The molecular formula is C72H127N5S. The fourth-order valence-corrected chi connectivity index (χ4v) is 5.84. The number of hydrogen-bond acceptors (Lipinski definition) is 5. The fraction of sp³-hybridized carbons (Fsp3) is 0.528. The van der Waals surface area contributed by atoms with E-state index < -0.39 is 0 Å². The Morgan fingerprint density at radius 2 is 0.564 bits per heavy atom. The number of benzene rings is 3. The third-order valence-corrected chi connectivity index (χ3v) is 10.6. The zero-order valence-corrected chi connectivity index (χ0v) is 57.6. The van der Waals surface area contributed by atoms with Crippen LogP contribution >= 0.6 is 11.3 Å². The topological polar surface area (TPSA) is 56.5 Å². The van der Waals surface area contributed by atoms with Gasteiger partial charge in [0.15, 0.2) is 0 Å². The molecule has 0 N–H and O–H groups in total. The van der Waals surface area contributed by atoms with Crippen molar-refractivity contribution in [2.24, 2.45) is 7.05 Å². The summed E-state index contributed by atoms with van der Waals surface area (Å²) < 4.78 is 1.83. The smallest absolute Gasteiger partial charge is 0.0794 e. The molecule has 7 rings (SSSR count). The molecular weight excluding hydrogens is 967 g/mol. The van der Waals surface area contributed by atoms with E-state index in [9.17, 15) is 0 Å². The second-order valence-electron chi connectivity index (χ2n) is 17.2. The van der Waals surface area contributed by atoms with Gasteiger partial charge in [-0.2, -0.15) is 5.10 Å². The van der Waals surface area contributed by atoms with Crippen molar-refractivity contribution in [1.29, 1.82) is 0 Å². The molecule has 0 bridgehead atoms. The molecule has 0 amide bonds. The van der Waals surface area contributed by atoms with E-state index in [1.807, 2.05) is 189 Å². The number of rotatable bonds is 7. The Kier molecular flexibility index (Phi) is 80.0. The Morgan fingerprint density at radius 3 is 0.692 bits per heavy atom. The Hall–Kier alpha value is -5.20. The summed E-state index contributed by atoms with van der Waals surface area (Å²) in [4.78, 5) is 13.3. The molecule has 0 unspecified atom stereocenters. The van der Waals surface area contributed by atoms with Crippen LogP contribution in [0.15, 0.2) is 164 Å². The first kappa shape index (κ1) is 89.4. The summed E-state index contributed by atoms with van der Waals surface area (Å²) in [7, 11) is 1.94. The van der Waals surface area contributed by atoms with E-state index >= 15 is 0 Å². The summed E-state index contributed by atoms with van der Waals surface area (Å²) in [5, 5.41) is 4.05. The highest BCUT2D eigenvalue weighted by molar-refractivity contribution is 7.09. The number of pyridine rings is 2. The molecule has 7 aromatic rings. The number of hydrogen-bond donors (Lipinski definition) is 0. The van der Waals surface area contributed by atoms with E-state index in [0.717, 1.165) is 0 Å². The van der Waals surface area contributed by atoms with Crippen molar-refractivity contribution in [2.45, 2.75) is 249 Å². The van der Waals surface area contributed by atoms with Crippen LogP contribution < -0.4 is 0 Å². The maximum atomic E-state index is 4.05. The van der Waals surface area contributed by atoms with Crippen LogP contribution in [0.2, 0.25) is 0 Å². The highest BCUT2D eigenvalue weighted by Gasteiger charge is 2.00. The first-order chi connectivity index (χ1) is 37.5. The maximum absolute atomic E-state index is 4.05. The van der Waals surface area contributed by atoms with Crippen LogP contribution in [0.1, 0.15) is 287 Å². The van der Waals surface area contributed by atoms with E-state index in [-0.39, 0.29) is 0 Å². The van der Waals surface area contributed by atoms with Crippen LogP contribution in [0.25, 0.3) is 0 Å². The lowest BCUT2D eigenvalue weighted by Crippen LogP contribution is -1.85. The first-order valence-corrected chi connectivity index (χ1v) is 31.2.